The standard InChI is InChI=1S/C12H13N3O2S/c1-9(17)6-15-7-10(5-13-15)12-14-11(8-18-12)3-2-4-16/h4-5,7-8H,2-3,6H2,1H3. The molecule has 0 aromatic carbocycles. The van der Waals surface area contributed by atoms with E-state index in [9.17, 15) is 9.59 Å². The third-order valence-corrected chi connectivity index (χ3v) is 3.28. The highest BCUT2D eigenvalue weighted by atomic mass is 32.1. The van der Waals surface area contributed by atoms with E-state index in [2.05, 4.69) is 10.1 Å². The quantitative estimate of drug-likeness (QED) is 0.744. The number of thiazole rings is 1. The molecule has 0 radical (unpaired) electrons. The third kappa shape index (κ3) is 3.10. The average molecular weight is 263 g/mol. The van der Waals surface area contributed by atoms with E-state index in [4.69, 9.17) is 0 Å². The van der Waals surface area contributed by atoms with Crippen LogP contribution in [0.2, 0.25) is 0 Å². The summed E-state index contributed by atoms with van der Waals surface area (Å²) in [4.78, 5) is 25.7. The summed E-state index contributed by atoms with van der Waals surface area (Å²) in [6, 6.07) is 0. The van der Waals surface area contributed by atoms with Crippen molar-refractivity contribution in [3.63, 3.8) is 0 Å². The van der Waals surface area contributed by atoms with Crippen LogP contribution in [0.15, 0.2) is 17.8 Å². The lowest BCUT2D eigenvalue weighted by Gasteiger charge is -1.94. The van der Waals surface area contributed by atoms with Crippen molar-refractivity contribution in [1.29, 1.82) is 0 Å². The van der Waals surface area contributed by atoms with Gasteiger partial charge in [-0.1, -0.05) is 0 Å². The zero-order valence-corrected chi connectivity index (χ0v) is 10.8. The summed E-state index contributed by atoms with van der Waals surface area (Å²) in [6.45, 7) is 1.81. The molecule has 2 rings (SSSR count). The zero-order chi connectivity index (χ0) is 13.0. The van der Waals surface area contributed by atoms with Gasteiger partial charge >= 0.3 is 0 Å². The number of hydrogen-bond donors (Lipinski definition) is 0. The number of aldehydes is 1. The molecular formula is C12H13N3O2S. The molecule has 0 N–H and O–H groups in total. The maximum atomic E-state index is 11.0. The van der Waals surface area contributed by atoms with Gasteiger partial charge in [0.1, 0.15) is 11.3 Å². The number of nitrogens with zero attached hydrogens (tertiary/aromatic N) is 3. The molecule has 0 unspecified atom stereocenters. The Morgan fingerprint density at radius 3 is 3.11 bits per heavy atom. The summed E-state index contributed by atoms with van der Waals surface area (Å²) in [5.74, 6) is 0.0652. The molecule has 0 saturated heterocycles. The van der Waals surface area contributed by atoms with Crippen molar-refractivity contribution in [2.24, 2.45) is 0 Å². The van der Waals surface area contributed by atoms with Crippen LogP contribution in [0, 0.1) is 0 Å². The summed E-state index contributed by atoms with van der Waals surface area (Å²) in [5.41, 5.74) is 1.82. The van der Waals surface area contributed by atoms with E-state index in [1.165, 1.54) is 18.3 Å². The van der Waals surface area contributed by atoms with Gasteiger partial charge in [-0.3, -0.25) is 9.48 Å². The van der Waals surface area contributed by atoms with E-state index in [1.54, 1.807) is 10.9 Å². The molecule has 0 spiro atoms. The van der Waals surface area contributed by atoms with Crippen molar-refractivity contribution in [2.75, 3.05) is 0 Å². The SMILES string of the molecule is CC(=O)Cn1cc(-c2nc(CCC=O)cs2)cn1. The summed E-state index contributed by atoms with van der Waals surface area (Å²) in [7, 11) is 0. The van der Waals surface area contributed by atoms with Crippen LogP contribution in [0.1, 0.15) is 19.0 Å². The second kappa shape index (κ2) is 5.68. The zero-order valence-electron chi connectivity index (χ0n) is 10.00. The Labute approximate surface area is 108 Å². The Morgan fingerprint density at radius 1 is 1.56 bits per heavy atom. The first-order valence-electron chi connectivity index (χ1n) is 5.59. The van der Waals surface area contributed by atoms with Crippen LogP contribution in [0.3, 0.4) is 0 Å². The average Bonchev–Trinajstić information content (AvgIpc) is 2.94. The first kappa shape index (κ1) is 12.6. The number of hydrogen-bond acceptors (Lipinski definition) is 5. The number of aromatic nitrogens is 3. The maximum absolute atomic E-state index is 11.0. The van der Waals surface area contributed by atoms with E-state index in [-0.39, 0.29) is 12.3 Å². The van der Waals surface area contributed by atoms with Gasteiger partial charge in [0.2, 0.25) is 0 Å². The molecule has 5 nitrogen and oxygen atoms in total. The molecule has 6 heteroatoms. The van der Waals surface area contributed by atoms with E-state index in [0.717, 1.165) is 22.6 Å². The van der Waals surface area contributed by atoms with Crippen LogP contribution in [0.5, 0.6) is 0 Å². The second-order valence-corrected chi connectivity index (χ2v) is 4.84. The fourth-order valence-corrected chi connectivity index (χ4v) is 2.38. The summed E-state index contributed by atoms with van der Waals surface area (Å²) in [6.07, 6.45) is 5.56. The Bertz CT molecular complexity index is 559. The van der Waals surface area contributed by atoms with E-state index >= 15 is 0 Å². The minimum Gasteiger partial charge on any atom is -0.303 e. The molecule has 2 aromatic heterocycles. The molecule has 2 heterocycles. The minimum atomic E-state index is 0.0652. The van der Waals surface area contributed by atoms with Gasteiger partial charge in [0.15, 0.2) is 5.78 Å². The van der Waals surface area contributed by atoms with Gasteiger partial charge in [-0.2, -0.15) is 5.10 Å². The Balaban J connectivity index is 2.10. The van der Waals surface area contributed by atoms with Crippen LogP contribution in [-0.4, -0.2) is 26.8 Å². The van der Waals surface area contributed by atoms with Gasteiger partial charge in [0, 0.05) is 23.6 Å². The van der Waals surface area contributed by atoms with Gasteiger partial charge in [-0.05, 0) is 13.3 Å². The molecule has 18 heavy (non-hydrogen) atoms. The minimum absolute atomic E-state index is 0.0652. The smallest absolute Gasteiger partial charge is 0.151 e. The molecule has 2 aromatic rings. The van der Waals surface area contributed by atoms with Crippen LogP contribution in [0.4, 0.5) is 0 Å². The Hall–Kier alpha value is -1.82. The van der Waals surface area contributed by atoms with Crippen LogP contribution < -0.4 is 0 Å². The fourth-order valence-electron chi connectivity index (χ4n) is 1.55. The Kier molecular flexibility index (Phi) is 3.99. The first-order chi connectivity index (χ1) is 8.69. The number of rotatable bonds is 6. The van der Waals surface area contributed by atoms with Crippen LogP contribution in [0.25, 0.3) is 10.6 Å². The summed E-state index contributed by atoms with van der Waals surface area (Å²) < 4.78 is 1.60. The predicted molar refractivity (Wildman–Crippen MR) is 68.4 cm³/mol. The lowest BCUT2D eigenvalue weighted by molar-refractivity contribution is -0.117. The predicted octanol–water partition coefficient (Wildman–Crippen LogP) is 1.73. The van der Waals surface area contributed by atoms with Crippen molar-refractivity contribution >= 4 is 23.4 Å². The van der Waals surface area contributed by atoms with E-state index in [1.807, 2.05) is 11.6 Å². The van der Waals surface area contributed by atoms with Crippen molar-refractivity contribution < 1.29 is 9.59 Å². The highest BCUT2D eigenvalue weighted by Gasteiger charge is 2.07. The van der Waals surface area contributed by atoms with Crippen molar-refractivity contribution in [3.05, 3.63) is 23.5 Å². The summed E-state index contributed by atoms with van der Waals surface area (Å²) in [5, 5.41) is 6.92. The molecule has 0 atom stereocenters. The first-order valence-corrected chi connectivity index (χ1v) is 6.47. The van der Waals surface area contributed by atoms with Crippen LogP contribution in [-0.2, 0) is 22.6 Å². The number of Topliss-reactive ketones (excluding diaryl/α,β-unsaturated/α-hetero) is 1. The van der Waals surface area contributed by atoms with Crippen LogP contribution >= 0.6 is 11.3 Å². The van der Waals surface area contributed by atoms with Gasteiger partial charge in [-0.25, -0.2) is 4.98 Å². The number of carbonyl (C=O) groups is 2. The lowest BCUT2D eigenvalue weighted by atomic mass is 10.3. The molecule has 0 fully saturated rings. The third-order valence-electron chi connectivity index (χ3n) is 2.33. The van der Waals surface area contributed by atoms with Gasteiger partial charge < -0.3 is 4.79 Å². The topological polar surface area (TPSA) is 64.8 Å². The largest absolute Gasteiger partial charge is 0.303 e. The highest BCUT2D eigenvalue weighted by molar-refractivity contribution is 7.13. The number of carbonyl (C=O) groups excluding carboxylic acids is 2. The molecule has 0 saturated carbocycles. The van der Waals surface area contributed by atoms with Crippen molar-refractivity contribution in [1.82, 2.24) is 14.8 Å². The number of aryl methyl sites for hydroxylation is 1. The summed E-state index contributed by atoms with van der Waals surface area (Å²) >= 11 is 1.52. The second-order valence-electron chi connectivity index (χ2n) is 3.98. The lowest BCUT2D eigenvalue weighted by Crippen LogP contribution is -2.05. The molecule has 0 amide bonds. The van der Waals surface area contributed by atoms with Crippen molar-refractivity contribution in [3.8, 4) is 10.6 Å². The normalized spacial score (nSPS) is 10.5. The van der Waals surface area contributed by atoms with E-state index < -0.39 is 0 Å². The van der Waals surface area contributed by atoms with Gasteiger partial charge in [0.25, 0.3) is 0 Å². The number of ketones is 1. The van der Waals surface area contributed by atoms with Gasteiger partial charge in [-0.15, -0.1) is 11.3 Å². The Morgan fingerprint density at radius 2 is 2.39 bits per heavy atom. The molecule has 0 aliphatic carbocycles. The molecule has 94 valence electrons. The molecule has 0 bridgehead atoms. The van der Waals surface area contributed by atoms with E-state index in [0.29, 0.717) is 12.8 Å². The van der Waals surface area contributed by atoms with Gasteiger partial charge in [0.05, 0.1) is 18.4 Å². The molecule has 0 aliphatic rings. The monoisotopic (exact) mass is 263 g/mol. The molecule has 0 aliphatic heterocycles. The van der Waals surface area contributed by atoms with Crippen molar-refractivity contribution in [2.45, 2.75) is 26.3 Å². The fraction of sp³-hybridized carbons (Fsp3) is 0.333. The highest BCUT2D eigenvalue weighted by Crippen LogP contribution is 2.23. The molecular weight excluding hydrogens is 250 g/mol. The maximum Gasteiger partial charge on any atom is 0.151 e.